The summed E-state index contributed by atoms with van der Waals surface area (Å²) in [5.74, 6) is 0.270. The first-order valence-corrected chi connectivity index (χ1v) is 7.24. The van der Waals surface area contributed by atoms with Gasteiger partial charge in [-0.3, -0.25) is 0 Å². The molecule has 0 spiro atoms. The monoisotopic (exact) mass is 287 g/mol. The fourth-order valence-corrected chi connectivity index (χ4v) is 2.59. The molecule has 0 saturated carbocycles. The van der Waals surface area contributed by atoms with Gasteiger partial charge in [0.1, 0.15) is 11.6 Å². The zero-order valence-corrected chi connectivity index (χ0v) is 13.1. The van der Waals surface area contributed by atoms with Crippen LogP contribution in [-0.2, 0) is 6.54 Å². The first kappa shape index (κ1) is 15.4. The molecule has 0 aliphatic carbocycles. The Kier molecular flexibility index (Phi) is 4.84. The van der Waals surface area contributed by atoms with Crippen LogP contribution in [0.5, 0.6) is 5.75 Å². The summed E-state index contributed by atoms with van der Waals surface area (Å²) in [6.07, 6.45) is 0. The van der Waals surface area contributed by atoms with Crippen molar-refractivity contribution in [2.24, 2.45) is 0 Å². The number of hydrogen-bond donors (Lipinski definition) is 1. The van der Waals surface area contributed by atoms with Crippen LogP contribution in [0.2, 0.25) is 0 Å². The molecule has 2 aromatic rings. The minimum absolute atomic E-state index is 0.285. The van der Waals surface area contributed by atoms with Gasteiger partial charge in [-0.05, 0) is 56.5 Å². The van der Waals surface area contributed by atoms with Gasteiger partial charge in [0, 0.05) is 12.6 Å². The van der Waals surface area contributed by atoms with Crippen LogP contribution in [0.25, 0.3) is 0 Å². The van der Waals surface area contributed by atoms with Gasteiger partial charge in [-0.2, -0.15) is 0 Å². The molecule has 2 aromatic carbocycles. The predicted molar refractivity (Wildman–Crippen MR) is 85.5 cm³/mol. The van der Waals surface area contributed by atoms with Gasteiger partial charge in [0.05, 0.1) is 12.3 Å². The van der Waals surface area contributed by atoms with E-state index in [1.807, 2.05) is 6.92 Å². The van der Waals surface area contributed by atoms with E-state index in [9.17, 15) is 4.39 Å². The Morgan fingerprint density at radius 2 is 1.71 bits per heavy atom. The van der Waals surface area contributed by atoms with E-state index in [-0.39, 0.29) is 5.82 Å². The Morgan fingerprint density at radius 3 is 2.33 bits per heavy atom. The van der Waals surface area contributed by atoms with Crippen molar-refractivity contribution in [3.63, 3.8) is 0 Å². The number of anilines is 1. The van der Waals surface area contributed by atoms with E-state index in [4.69, 9.17) is 4.74 Å². The Morgan fingerprint density at radius 1 is 1.05 bits per heavy atom. The first-order chi connectivity index (χ1) is 10.0. The molecule has 112 valence electrons. The Labute approximate surface area is 126 Å². The Hall–Kier alpha value is -2.03. The number of aryl methyl sites for hydroxylation is 3. The third-order valence-electron chi connectivity index (χ3n) is 3.54. The van der Waals surface area contributed by atoms with E-state index in [0.717, 1.165) is 5.69 Å². The third kappa shape index (κ3) is 3.75. The molecule has 2 rings (SSSR count). The van der Waals surface area contributed by atoms with E-state index in [1.165, 1.54) is 34.4 Å². The summed E-state index contributed by atoms with van der Waals surface area (Å²) >= 11 is 0. The predicted octanol–water partition coefficient (Wildman–Crippen LogP) is 4.76. The normalized spacial score (nSPS) is 10.5. The minimum atomic E-state index is -0.285. The van der Waals surface area contributed by atoms with Crippen molar-refractivity contribution in [3.8, 4) is 5.75 Å². The molecule has 0 saturated heterocycles. The smallest absolute Gasteiger partial charge is 0.145 e. The standard InChI is InChI=1S/C18H22FNO/c1-5-21-18-10-15(19)6-7-17(18)20-11-16-13(3)8-12(2)9-14(16)4/h6-10,20H,5,11H2,1-4H3. The van der Waals surface area contributed by atoms with E-state index in [2.05, 4.69) is 38.2 Å². The van der Waals surface area contributed by atoms with Crippen molar-refractivity contribution in [2.75, 3.05) is 11.9 Å². The zero-order valence-electron chi connectivity index (χ0n) is 13.1. The van der Waals surface area contributed by atoms with Crippen LogP contribution in [0, 0.1) is 26.6 Å². The number of nitrogens with one attached hydrogen (secondary N) is 1. The van der Waals surface area contributed by atoms with Crippen LogP contribution in [0.4, 0.5) is 10.1 Å². The molecule has 0 aliphatic heterocycles. The second kappa shape index (κ2) is 6.61. The molecule has 0 unspecified atom stereocenters. The van der Waals surface area contributed by atoms with Crippen molar-refractivity contribution in [1.82, 2.24) is 0 Å². The molecule has 0 radical (unpaired) electrons. The third-order valence-corrected chi connectivity index (χ3v) is 3.54. The van der Waals surface area contributed by atoms with Gasteiger partial charge >= 0.3 is 0 Å². The van der Waals surface area contributed by atoms with E-state index < -0.39 is 0 Å². The summed E-state index contributed by atoms with van der Waals surface area (Å²) in [5, 5.41) is 3.35. The molecule has 0 aliphatic rings. The van der Waals surface area contributed by atoms with E-state index >= 15 is 0 Å². The molecule has 2 nitrogen and oxygen atoms in total. The highest BCUT2D eigenvalue weighted by atomic mass is 19.1. The number of rotatable bonds is 5. The second-order valence-corrected chi connectivity index (χ2v) is 5.30. The average Bonchev–Trinajstić information content (AvgIpc) is 2.40. The van der Waals surface area contributed by atoms with Gasteiger partial charge in [-0.25, -0.2) is 4.39 Å². The Bertz CT molecular complexity index is 614. The summed E-state index contributed by atoms with van der Waals surface area (Å²) in [6, 6.07) is 8.94. The Balaban J connectivity index is 2.20. The molecule has 0 heterocycles. The number of benzene rings is 2. The van der Waals surface area contributed by atoms with Crippen LogP contribution in [0.3, 0.4) is 0 Å². The summed E-state index contributed by atoms with van der Waals surface area (Å²) in [7, 11) is 0. The van der Waals surface area contributed by atoms with Gasteiger partial charge < -0.3 is 10.1 Å². The van der Waals surface area contributed by atoms with Crippen LogP contribution < -0.4 is 10.1 Å². The maximum Gasteiger partial charge on any atom is 0.145 e. The molecule has 0 amide bonds. The topological polar surface area (TPSA) is 21.3 Å². The minimum Gasteiger partial charge on any atom is -0.492 e. The van der Waals surface area contributed by atoms with Crippen molar-refractivity contribution in [3.05, 3.63) is 58.4 Å². The van der Waals surface area contributed by atoms with Crippen LogP contribution in [0.1, 0.15) is 29.2 Å². The van der Waals surface area contributed by atoms with Crippen molar-refractivity contribution in [2.45, 2.75) is 34.2 Å². The average molecular weight is 287 g/mol. The molecule has 0 fully saturated rings. The SMILES string of the molecule is CCOc1cc(F)ccc1NCc1c(C)cc(C)cc1C. The van der Waals surface area contributed by atoms with E-state index in [0.29, 0.717) is 18.9 Å². The highest BCUT2D eigenvalue weighted by molar-refractivity contribution is 5.57. The van der Waals surface area contributed by atoms with E-state index in [1.54, 1.807) is 6.07 Å². The highest BCUT2D eigenvalue weighted by Crippen LogP contribution is 2.27. The molecule has 3 heteroatoms. The van der Waals surface area contributed by atoms with Gasteiger partial charge in [-0.15, -0.1) is 0 Å². The number of halogens is 1. The van der Waals surface area contributed by atoms with Gasteiger partial charge in [0.2, 0.25) is 0 Å². The van der Waals surface area contributed by atoms with Crippen molar-refractivity contribution in [1.29, 1.82) is 0 Å². The molecule has 1 N–H and O–H groups in total. The maximum absolute atomic E-state index is 13.3. The maximum atomic E-state index is 13.3. The molecule has 0 bridgehead atoms. The van der Waals surface area contributed by atoms with Gasteiger partial charge in [0.15, 0.2) is 0 Å². The van der Waals surface area contributed by atoms with Crippen molar-refractivity contribution >= 4 is 5.69 Å². The summed E-state index contributed by atoms with van der Waals surface area (Å²) in [4.78, 5) is 0. The first-order valence-electron chi connectivity index (χ1n) is 7.24. The lowest BCUT2D eigenvalue weighted by Crippen LogP contribution is -2.06. The lowest BCUT2D eigenvalue weighted by atomic mass is 10.00. The number of ether oxygens (including phenoxy) is 1. The summed E-state index contributed by atoms with van der Waals surface area (Å²) in [5.41, 5.74) is 5.88. The molecular formula is C18H22FNO. The second-order valence-electron chi connectivity index (χ2n) is 5.30. The molecule has 21 heavy (non-hydrogen) atoms. The lowest BCUT2D eigenvalue weighted by molar-refractivity contribution is 0.339. The zero-order chi connectivity index (χ0) is 15.4. The fraction of sp³-hybridized carbons (Fsp3) is 0.333. The van der Waals surface area contributed by atoms with Crippen LogP contribution in [0.15, 0.2) is 30.3 Å². The van der Waals surface area contributed by atoms with Gasteiger partial charge in [0.25, 0.3) is 0 Å². The highest BCUT2D eigenvalue weighted by Gasteiger charge is 2.08. The van der Waals surface area contributed by atoms with Gasteiger partial charge in [-0.1, -0.05) is 17.7 Å². The lowest BCUT2D eigenvalue weighted by Gasteiger charge is -2.15. The fourth-order valence-electron chi connectivity index (χ4n) is 2.59. The molecule has 0 atom stereocenters. The quantitative estimate of drug-likeness (QED) is 0.856. The molecular weight excluding hydrogens is 265 g/mol. The summed E-state index contributed by atoms with van der Waals surface area (Å²) in [6.45, 7) is 9.44. The van der Waals surface area contributed by atoms with Crippen LogP contribution >= 0.6 is 0 Å². The largest absolute Gasteiger partial charge is 0.492 e. The number of hydrogen-bond acceptors (Lipinski definition) is 2. The van der Waals surface area contributed by atoms with Crippen molar-refractivity contribution < 1.29 is 9.13 Å². The summed E-state index contributed by atoms with van der Waals surface area (Å²) < 4.78 is 18.8. The molecule has 0 aromatic heterocycles. The van der Waals surface area contributed by atoms with Crippen LogP contribution in [-0.4, -0.2) is 6.61 Å².